The number of carbonyl (C=O) groups is 2. The molecule has 1 fully saturated rings. The molecule has 2 heterocycles. The average Bonchev–Trinajstić information content (AvgIpc) is 3.26. The van der Waals surface area contributed by atoms with Crippen LogP contribution in [-0.2, 0) is 16.1 Å². The van der Waals surface area contributed by atoms with E-state index in [1.54, 1.807) is 0 Å². The van der Waals surface area contributed by atoms with E-state index in [0.29, 0.717) is 6.04 Å². The van der Waals surface area contributed by atoms with Crippen LogP contribution < -0.4 is 0 Å². The highest BCUT2D eigenvalue weighted by Gasteiger charge is 2.38. The van der Waals surface area contributed by atoms with Crippen LogP contribution in [-0.4, -0.2) is 81.0 Å². The first kappa shape index (κ1) is 32.3. The number of piperazine rings is 1. The number of halogens is 6. The molecule has 218 valence electrons. The van der Waals surface area contributed by atoms with E-state index in [4.69, 9.17) is 24.8 Å². The first-order valence-corrected chi connectivity index (χ1v) is 11.8. The van der Waals surface area contributed by atoms with Gasteiger partial charge in [0.1, 0.15) is 5.82 Å². The Balaban J connectivity index is 0.000000333. The summed E-state index contributed by atoms with van der Waals surface area (Å²) in [5.41, 5.74) is 4.83. The number of benzene rings is 2. The Morgan fingerprint density at radius 3 is 1.85 bits per heavy atom. The number of rotatable bonds is 4. The number of aromatic amines is 1. The lowest BCUT2D eigenvalue weighted by Gasteiger charge is -2.40. The van der Waals surface area contributed by atoms with E-state index < -0.39 is 24.3 Å². The molecule has 0 unspecified atom stereocenters. The summed E-state index contributed by atoms with van der Waals surface area (Å²) in [6, 6.07) is 21.6. The van der Waals surface area contributed by atoms with Crippen LogP contribution in [0.2, 0.25) is 0 Å². The maximum Gasteiger partial charge on any atom is 0.490 e. The minimum Gasteiger partial charge on any atom is -0.475 e. The Labute approximate surface area is 225 Å². The first-order valence-electron chi connectivity index (χ1n) is 11.8. The van der Waals surface area contributed by atoms with Gasteiger partial charge in [-0.2, -0.15) is 26.3 Å². The van der Waals surface area contributed by atoms with Crippen molar-refractivity contribution in [3.63, 3.8) is 0 Å². The number of aliphatic carboxylic acids is 2. The number of likely N-dealkylation sites (N-methyl/N-ethyl adjacent to an activating group) is 1. The summed E-state index contributed by atoms with van der Waals surface area (Å²) in [5, 5.41) is 14.2. The Morgan fingerprint density at radius 2 is 1.38 bits per heavy atom. The fraction of sp³-hybridized carbons (Fsp3) is 0.346. The number of hydrogen-bond donors (Lipinski definition) is 3. The highest BCUT2D eigenvalue weighted by Crippen LogP contribution is 2.27. The molecule has 0 bridgehead atoms. The van der Waals surface area contributed by atoms with Crippen LogP contribution in [0.25, 0.3) is 11.4 Å². The van der Waals surface area contributed by atoms with Crippen molar-refractivity contribution < 1.29 is 46.1 Å². The molecule has 1 aromatic heterocycles. The predicted octanol–water partition coefficient (Wildman–Crippen LogP) is 5.14. The molecule has 8 nitrogen and oxygen atoms in total. The number of aromatic nitrogens is 2. The summed E-state index contributed by atoms with van der Waals surface area (Å²) >= 11 is 0. The molecular weight excluding hydrogens is 546 g/mol. The van der Waals surface area contributed by atoms with Crippen molar-refractivity contribution in [2.45, 2.75) is 31.9 Å². The average molecular weight is 575 g/mol. The first-order chi connectivity index (χ1) is 18.6. The van der Waals surface area contributed by atoms with E-state index in [-0.39, 0.29) is 0 Å². The number of hydrogen-bond acceptors (Lipinski definition) is 5. The van der Waals surface area contributed by atoms with E-state index in [2.05, 4.69) is 83.4 Å². The van der Waals surface area contributed by atoms with Crippen molar-refractivity contribution in [2.24, 2.45) is 0 Å². The molecule has 0 aliphatic carbocycles. The molecule has 3 N–H and O–H groups in total. The minimum atomic E-state index is -5.08. The van der Waals surface area contributed by atoms with Gasteiger partial charge in [-0.15, -0.1) is 0 Å². The third kappa shape index (κ3) is 10.0. The normalized spacial score (nSPS) is 16.2. The SMILES string of the molecule is Cc1[nH]c(-c2ccccc2)nc1CN1CCN(C)C[C@@H]1c1ccccc1.O=C(O)C(F)(F)F.O=C(O)C(F)(F)F. The zero-order chi connectivity index (χ0) is 30.1. The van der Waals surface area contributed by atoms with Crippen molar-refractivity contribution in [3.8, 4) is 11.4 Å². The van der Waals surface area contributed by atoms with Gasteiger partial charge >= 0.3 is 24.3 Å². The van der Waals surface area contributed by atoms with E-state index in [1.165, 1.54) is 5.56 Å². The lowest BCUT2D eigenvalue weighted by atomic mass is 10.0. The number of aryl methyl sites for hydroxylation is 1. The van der Waals surface area contributed by atoms with Gasteiger partial charge < -0.3 is 20.1 Å². The van der Waals surface area contributed by atoms with Crippen LogP contribution in [0.15, 0.2) is 60.7 Å². The van der Waals surface area contributed by atoms with Gasteiger partial charge in [0, 0.05) is 43.5 Å². The summed E-state index contributed by atoms with van der Waals surface area (Å²) in [7, 11) is 2.21. The fourth-order valence-corrected chi connectivity index (χ4v) is 3.71. The molecule has 1 saturated heterocycles. The second-order valence-corrected chi connectivity index (χ2v) is 8.79. The smallest absolute Gasteiger partial charge is 0.475 e. The molecule has 0 saturated carbocycles. The van der Waals surface area contributed by atoms with Gasteiger partial charge in [0.25, 0.3) is 0 Å². The number of carboxylic acid groups (broad SMARTS) is 2. The van der Waals surface area contributed by atoms with Crippen molar-refractivity contribution in [2.75, 3.05) is 26.7 Å². The largest absolute Gasteiger partial charge is 0.490 e. The van der Waals surface area contributed by atoms with Crippen LogP contribution in [0.5, 0.6) is 0 Å². The van der Waals surface area contributed by atoms with E-state index in [0.717, 1.165) is 49.0 Å². The van der Waals surface area contributed by atoms with Crippen molar-refractivity contribution in [1.82, 2.24) is 19.8 Å². The maximum absolute atomic E-state index is 10.6. The Hall–Kier alpha value is -3.91. The van der Waals surface area contributed by atoms with Crippen LogP contribution in [0.3, 0.4) is 0 Å². The summed E-state index contributed by atoms with van der Waals surface area (Å²) in [5.74, 6) is -4.55. The Bertz CT molecular complexity index is 1210. The van der Waals surface area contributed by atoms with Crippen molar-refractivity contribution >= 4 is 11.9 Å². The van der Waals surface area contributed by atoms with Gasteiger partial charge in [-0.3, -0.25) is 4.90 Å². The number of carboxylic acids is 2. The third-order valence-corrected chi connectivity index (χ3v) is 5.75. The standard InChI is InChI=1S/C22H26N4.2C2HF3O2/c1-17-20(24-22(23-17)19-11-7-4-8-12-19)15-26-14-13-25(2)16-21(26)18-9-5-3-6-10-18;2*3-2(4,5)1(6)7/h3-12,21H,13-16H2,1-2H3,(H,23,24);2*(H,6,7)/t21-;;/m1../s1. The molecule has 3 aromatic rings. The third-order valence-electron chi connectivity index (χ3n) is 5.75. The van der Waals surface area contributed by atoms with E-state index in [9.17, 15) is 26.3 Å². The molecule has 1 aliphatic rings. The van der Waals surface area contributed by atoms with Gasteiger partial charge in [-0.25, -0.2) is 14.6 Å². The molecule has 2 aromatic carbocycles. The predicted molar refractivity (Wildman–Crippen MR) is 133 cm³/mol. The van der Waals surface area contributed by atoms with Crippen LogP contribution in [0.4, 0.5) is 26.3 Å². The van der Waals surface area contributed by atoms with Crippen LogP contribution in [0.1, 0.15) is 23.0 Å². The summed E-state index contributed by atoms with van der Waals surface area (Å²) in [6.45, 7) is 6.21. The maximum atomic E-state index is 10.6. The monoisotopic (exact) mass is 574 g/mol. The van der Waals surface area contributed by atoms with Crippen LogP contribution in [0, 0.1) is 6.92 Å². The number of imidazole rings is 1. The lowest BCUT2D eigenvalue weighted by molar-refractivity contribution is -0.193. The van der Waals surface area contributed by atoms with E-state index in [1.807, 2.05) is 6.07 Å². The van der Waals surface area contributed by atoms with Gasteiger partial charge in [-0.05, 0) is 19.5 Å². The molecule has 0 spiro atoms. The number of nitrogens with zero attached hydrogens (tertiary/aromatic N) is 3. The lowest BCUT2D eigenvalue weighted by Crippen LogP contribution is -2.46. The molecule has 1 atom stereocenters. The quantitative estimate of drug-likeness (QED) is 0.370. The number of nitrogens with one attached hydrogen (secondary N) is 1. The van der Waals surface area contributed by atoms with Gasteiger partial charge in [0.15, 0.2) is 0 Å². The topological polar surface area (TPSA) is 110 Å². The van der Waals surface area contributed by atoms with Crippen molar-refractivity contribution in [3.05, 3.63) is 77.6 Å². The fourth-order valence-electron chi connectivity index (χ4n) is 3.71. The molecule has 40 heavy (non-hydrogen) atoms. The molecule has 0 amide bonds. The minimum absolute atomic E-state index is 0.409. The molecule has 4 rings (SSSR count). The number of alkyl halides is 6. The highest BCUT2D eigenvalue weighted by atomic mass is 19.4. The zero-order valence-electron chi connectivity index (χ0n) is 21.5. The molecule has 0 radical (unpaired) electrons. The van der Waals surface area contributed by atoms with Gasteiger partial charge in [-0.1, -0.05) is 60.7 Å². The molecule has 1 aliphatic heterocycles. The zero-order valence-corrected chi connectivity index (χ0v) is 21.5. The van der Waals surface area contributed by atoms with E-state index >= 15 is 0 Å². The Kier molecular flexibility index (Phi) is 11.3. The van der Waals surface area contributed by atoms with Crippen LogP contribution >= 0.6 is 0 Å². The highest BCUT2D eigenvalue weighted by molar-refractivity contribution is 5.73. The molecule has 14 heteroatoms. The summed E-state index contributed by atoms with van der Waals surface area (Å²) < 4.78 is 63.5. The number of H-pyrrole nitrogens is 1. The summed E-state index contributed by atoms with van der Waals surface area (Å²) in [4.78, 5) is 31.1. The second-order valence-electron chi connectivity index (χ2n) is 8.79. The van der Waals surface area contributed by atoms with Gasteiger partial charge in [0.05, 0.1) is 5.69 Å². The van der Waals surface area contributed by atoms with Gasteiger partial charge in [0.2, 0.25) is 0 Å². The summed E-state index contributed by atoms with van der Waals surface area (Å²) in [6.07, 6.45) is -10.2. The second kappa shape index (κ2) is 13.9. The van der Waals surface area contributed by atoms with Crippen molar-refractivity contribution in [1.29, 1.82) is 0 Å². The molecular formula is C26H28F6N4O4. The Morgan fingerprint density at radius 1 is 0.900 bits per heavy atom.